The van der Waals surface area contributed by atoms with Crippen molar-refractivity contribution in [3.63, 3.8) is 0 Å². The molecule has 6 heteroatoms. The van der Waals surface area contributed by atoms with E-state index in [1.54, 1.807) is 13.0 Å². The molecular formula is C14H22FNO3S. The van der Waals surface area contributed by atoms with Crippen molar-refractivity contribution in [1.29, 1.82) is 0 Å². The van der Waals surface area contributed by atoms with E-state index in [2.05, 4.69) is 5.32 Å². The Bertz CT molecular complexity index is 517. The summed E-state index contributed by atoms with van der Waals surface area (Å²) in [4.78, 5) is 0. The number of halogens is 1. The topological polar surface area (TPSA) is 55.4 Å². The van der Waals surface area contributed by atoms with Gasteiger partial charge in [-0.3, -0.25) is 0 Å². The van der Waals surface area contributed by atoms with Crippen LogP contribution in [0.1, 0.15) is 25.8 Å². The van der Waals surface area contributed by atoms with Crippen LogP contribution in [0.2, 0.25) is 0 Å². The molecule has 1 aromatic carbocycles. The van der Waals surface area contributed by atoms with E-state index in [9.17, 15) is 12.8 Å². The summed E-state index contributed by atoms with van der Waals surface area (Å²) in [7, 11) is -2.96. The maximum absolute atomic E-state index is 13.2. The molecule has 0 fully saturated rings. The first-order valence-corrected chi connectivity index (χ1v) is 8.63. The predicted molar refractivity (Wildman–Crippen MR) is 78.2 cm³/mol. The minimum absolute atomic E-state index is 0.118. The summed E-state index contributed by atoms with van der Waals surface area (Å²) < 4.78 is 41.5. The Morgan fingerprint density at radius 3 is 2.70 bits per heavy atom. The molecule has 1 aromatic rings. The Hall–Kier alpha value is -1.14. The van der Waals surface area contributed by atoms with Gasteiger partial charge in [0.2, 0.25) is 0 Å². The minimum atomic E-state index is -2.96. The van der Waals surface area contributed by atoms with Gasteiger partial charge in [-0.25, -0.2) is 12.8 Å². The third-order valence-electron chi connectivity index (χ3n) is 2.89. The molecule has 0 spiro atoms. The van der Waals surface area contributed by atoms with E-state index in [4.69, 9.17) is 4.74 Å². The van der Waals surface area contributed by atoms with Gasteiger partial charge in [0.15, 0.2) is 0 Å². The summed E-state index contributed by atoms with van der Waals surface area (Å²) >= 11 is 0. The molecule has 114 valence electrons. The highest BCUT2D eigenvalue weighted by molar-refractivity contribution is 7.91. The van der Waals surface area contributed by atoms with Gasteiger partial charge in [0.05, 0.1) is 12.4 Å². The molecule has 0 unspecified atom stereocenters. The van der Waals surface area contributed by atoms with Crippen LogP contribution in [0.25, 0.3) is 0 Å². The van der Waals surface area contributed by atoms with Gasteiger partial charge in [-0.15, -0.1) is 0 Å². The highest BCUT2D eigenvalue weighted by atomic mass is 32.2. The molecule has 0 amide bonds. The summed E-state index contributed by atoms with van der Waals surface area (Å²) in [5.74, 6) is 0.558. The van der Waals surface area contributed by atoms with Crippen molar-refractivity contribution in [1.82, 2.24) is 5.32 Å². The molecule has 0 aromatic heterocycles. The van der Waals surface area contributed by atoms with Gasteiger partial charge in [-0.1, -0.05) is 13.8 Å². The monoisotopic (exact) mass is 303 g/mol. The molecule has 0 heterocycles. The zero-order valence-electron chi connectivity index (χ0n) is 12.0. The molecule has 0 saturated heterocycles. The zero-order chi connectivity index (χ0) is 15.0. The van der Waals surface area contributed by atoms with Crippen LogP contribution in [0.5, 0.6) is 5.75 Å². The van der Waals surface area contributed by atoms with Crippen LogP contribution in [0.15, 0.2) is 18.2 Å². The van der Waals surface area contributed by atoms with E-state index in [0.29, 0.717) is 25.3 Å². The van der Waals surface area contributed by atoms with Crippen molar-refractivity contribution >= 4 is 9.84 Å². The van der Waals surface area contributed by atoms with E-state index in [-0.39, 0.29) is 17.3 Å². The molecule has 0 bridgehead atoms. The van der Waals surface area contributed by atoms with Crippen LogP contribution in [0, 0.1) is 5.82 Å². The third-order valence-corrected chi connectivity index (χ3v) is 4.68. The van der Waals surface area contributed by atoms with Crippen LogP contribution >= 0.6 is 0 Å². The van der Waals surface area contributed by atoms with Crippen LogP contribution < -0.4 is 10.1 Å². The first kappa shape index (κ1) is 16.9. The molecular weight excluding hydrogens is 281 g/mol. The van der Waals surface area contributed by atoms with Crippen molar-refractivity contribution in [2.75, 3.05) is 24.7 Å². The van der Waals surface area contributed by atoms with Gasteiger partial charge in [-0.2, -0.15) is 0 Å². The molecule has 0 aliphatic heterocycles. The predicted octanol–water partition coefficient (Wildman–Crippen LogP) is 2.14. The summed E-state index contributed by atoms with van der Waals surface area (Å²) in [5, 5.41) is 3.11. The smallest absolute Gasteiger partial charge is 0.150 e. The van der Waals surface area contributed by atoms with E-state index in [0.717, 1.165) is 12.1 Å². The number of benzene rings is 1. The zero-order valence-corrected chi connectivity index (χ0v) is 12.8. The van der Waals surface area contributed by atoms with Crippen molar-refractivity contribution in [2.24, 2.45) is 0 Å². The SMILES string of the molecule is CCNCc1cc(F)ccc1OCCCS(=O)(=O)CC. The lowest BCUT2D eigenvalue weighted by molar-refractivity contribution is 0.313. The Morgan fingerprint density at radius 2 is 2.05 bits per heavy atom. The van der Waals surface area contributed by atoms with E-state index >= 15 is 0 Å². The average Bonchev–Trinajstić information content (AvgIpc) is 2.43. The Balaban J connectivity index is 2.54. The van der Waals surface area contributed by atoms with Gasteiger partial charge >= 0.3 is 0 Å². The summed E-state index contributed by atoms with van der Waals surface area (Å²) in [6.07, 6.45) is 0.439. The second-order valence-electron chi connectivity index (χ2n) is 4.47. The second kappa shape index (κ2) is 8.21. The molecule has 1 rings (SSSR count). The standard InChI is InChI=1S/C14H22FNO3S/c1-3-16-11-12-10-13(15)6-7-14(12)19-8-5-9-20(17,18)4-2/h6-7,10,16H,3-5,8-9,11H2,1-2H3. The summed E-state index contributed by atoms with van der Waals surface area (Å²) in [6.45, 7) is 5.21. The number of hydrogen-bond donors (Lipinski definition) is 1. The van der Waals surface area contributed by atoms with Gasteiger partial charge in [-0.05, 0) is 31.2 Å². The van der Waals surface area contributed by atoms with E-state index in [1.807, 2.05) is 6.92 Å². The fourth-order valence-electron chi connectivity index (χ4n) is 1.69. The van der Waals surface area contributed by atoms with Gasteiger partial charge in [0, 0.05) is 17.9 Å². The van der Waals surface area contributed by atoms with Crippen LogP contribution in [0.4, 0.5) is 4.39 Å². The maximum atomic E-state index is 13.2. The molecule has 0 aliphatic rings. The van der Waals surface area contributed by atoms with Crippen molar-refractivity contribution in [3.05, 3.63) is 29.6 Å². The minimum Gasteiger partial charge on any atom is -0.493 e. The number of rotatable bonds is 9. The average molecular weight is 303 g/mol. The Kier molecular flexibility index (Phi) is 6.95. The first-order valence-electron chi connectivity index (χ1n) is 6.81. The largest absolute Gasteiger partial charge is 0.493 e. The fourth-order valence-corrected chi connectivity index (χ4v) is 2.54. The lowest BCUT2D eigenvalue weighted by atomic mass is 10.2. The van der Waals surface area contributed by atoms with Gasteiger partial charge in [0.1, 0.15) is 21.4 Å². The van der Waals surface area contributed by atoms with Crippen LogP contribution in [-0.4, -0.2) is 33.1 Å². The molecule has 20 heavy (non-hydrogen) atoms. The summed E-state index contributed by atoms with van der Waals surface area (Å²) in [5.41, 5.74) is 0.741. The third kappa shape index (κ3) is 5.88. The second-order valence-corrected chi connectivity index (χ2v) is 6.94. The lowest BCUT2D eigenvalue weighted by Crippen LogP contribution is -2.15. The number of hydrogen-bond acceptors (Lipinski definition) is 4. The highest BCUT2D eigenvalue weighted by Crippen LogP contribution is 2.20. The molecule has 4 nitrogen and oxygen atoms in total. The normalized spacial score (nSPS) is 11.6. The highest BCUT2D eigenvalue weighted by Gasteiger charge is 2.08. The maximum Gasteiger partial charge on any atom is 0.150 e. The van der Waals surface area contributed by atoms with Gasteiger partial charge < -0.3 is 10.1 Å². The van der Waals surface area contributed by atoms with E-state index < -0.39 is 9.84 Å². The van der Waals surface area contributed by atoms with Crippen molar-refractivity contribution in [2.45, 2.75) is 26.8 Å². The molecule has 0 saturated carbocycles. The molecule has 0 atom stereocenters. The van der Waals surface area contributed by atoms with Crippen molar-refractivity contribution in [3.8, 4) is 5.75 Å². The van der Waals surface area contributed by atoms with Crippen LogP contribution in [0.3, 0.4) is 0 Å². The fraction of sp³-hybridized carbons (Fsp3) is 0.571. The summed E-state index contributed by atoms with van der Waals surface area (Å²) in [6, 6.07) is 4.35. The first-order chi connectivity index (χ1) is 9.48. The molecule has 0 radical (unpaired) electrons. The Morgan fingerprint density at radius 1 is 1.30 bits per heavy atom. The lowest BCUT2D eigenvalue weighted by Gasteiger charge is -2.12. The molecule has 0 aliphatic carbocycles. The number of sulfone groups is 1. The number of nitrogens with one attached hydrogen (secondary N) is 1. The van der Waals surface area contributed by atoms with E-state index in [1.165, 1.54) is 12.1 Å². The Labute approximate surface area is 120 Å². The number of ether oxygens (including phenoxy) is 1. The molecule has 1 N–H and O–H groups in total. The van der Waals surface area contributed by atoms with Crippen molar-refractivity contribution < 1.29 is 17.5 Å². The quantitative estimate of drug-likeness (QED) is 0.710. The van der Waals surface area contributed by atoms with Gasteiger partial charge in [0.25, 0.3) is 0 Å². The van der Waals surface area contributed by atoms with Crippen LogP contribution in [-0.2, 0) is 16.4 Å².